The predicted molar refractivity (Wildman–Crippen MR) is 132 cm³/mol. The number of rotatable bonds is 1. The molecule has 6 aromatic rings. The highest BCUT2D eigenvalue weighted by Crippen LogP contribution is 2.49. The summed E-state index contributed by atoms with van der Waals surface area (Å²) in [6.45, 7) is 0. The highest BCUT2D eigenvalue weighted by Gasteiger charge is 2.34. The number of thiophene rings is 1. The molecule has 0 spiro atoms. The van der Waals surface area contributed by atoms with E-state index in [2.05, 4.69) is 65.3 Å². The van der Waals surface area contributed by atoms with Gasteiger partial charge in [-0.2, -0.15) is 0 Å². The first kappa shape index (κ1) is 17.8. The largest absolute Gasteiger partial charge is 0.422 e. The van der Waals surface area contributed by atoms with Crippen LogP contribution in [0.4, 0.5) is 11.4 Å². The molecule has 7 rings (SSSR count). The SMILES string of the molecule is O=c1oc2ccccc2c2c1C(c1cccs1)c1c(ccc3cc4ccccc4cc13)N2. The predicted octanol–water partition coefficient (Wildman–Crippen LogP) is 7.40. The molecule has 0 saturated carbocycles. The van der Waals surface area contributed by atoms with Gasteiger partial charge >= 0.3 is 5.63 Å². The Morgan fingerprint density at radius 3 is 2.41 bits per heavy atom. The normalized spacial score (nSPS) is 14.9. The van der Waals surface area contributed by atoms with Gasteiger partial charge < -0.3 is 9.73 Å². The van der Waals surface area contributed by atoms with E-state index in [4.69, 9.17) is 4.42 Å². The first-order valence-corrected chi connectivity index (χ1v) is 11.5. The minimum atomic E-state index is -0.284. The molecule has 4 heteroatoms. The molecule has 0 radical (unpaired) electrons. The van der Waals surface area contributed by atoms with Crippen molar-refractivity contribution in [1.29, 1.82) is 0 Å². The summed E-state index contributed by atoms with van der Waals surface area (Å²) in [5.74, 6) is -0.188. The lowest BCUT2D eigenvalue weighted by Crippen LogP contribution is -2.22. The molecule has 1 atom stereocenters. The van der Waals surface area contributed by atoms with E-state index in [0.717, 1.165) is 32.6 Å². The van der Waals surface area contributed by atoms with Crippen LogP contribution in [0, 0.1) is 0 Å². The van der Waals surface area contributed by atoms with Crippen LogP contribution in [-0.4, -0.2) is 0 Å². The van der Waals surface area contributed by atoms with Crippen LogP contribution in [-0.2, 0) is 0 Å². The molecule has 1 unspecified atom stereocenters. The fraction of sp³-hybridized carbons (Fsp3) is 0.0357. The summed E-state index contributed by atoms with van der Waals surface area (Å²) in [6, 6.07) is 29.1. The van der Waals surface area contributed by atoms with Gasteiger partial charge in [0.2, 0.25) is 0 Å². The second-order valence-corrected chi connectivity index (χ2v) is 9.17. The molecule has 1 aliphatic rings. The number of para-hydroxylation sites is 1. The maximum absolute atomic E-state index is 13.3. The average Bonchev–Trinajstić information content (AvgIpc) is 3.36. The summed E-state index contributed by atoms with van der Waals surface area (Å²) in [5, 5.41) is 11.3. The Morgan fingerprint density at radius 1 is 0.750 bits per heavy atom. The minimum Gasteiger partial charge on any atom is -0.422 e. The molecule has 3 nitrogen and oxygen atoms in total. The van der Waals surface area contributed by atoms with E-state index in [1.54, 1.807) is 11.3 Å². The van der Waals surface area contributed by atoms with Gasteiger partial charge in [0.15, 0.2) is 0 Å². The van der Waals surface area contributed by atoms with Gasteiger partial charge in [-0.25, -0.2) is 4.79 Å². The molecule has 0 saturated heterocycles. The standard InChI is InChI=1S/C28H17NO2S/c30-28-26-25(23-10-5-13-32-23)24-20-15-17-7-2-1-6-16(17)14-18(20)11-12-21(24)29-27(26)19-8-3-4-9-22(19)31-28/h1-15,25,29H. The van der Waals surface area contributed by atoms with Crippen LogP contribution in [0.5, 0.6) is 0 Å². The third kappa shape index (κ3) is 2.44. The third-order valence-electron chi connectivity index (χ3n) is 6.44. The van der Waals surface area contributed by atoms with E-state index >= 15 is 0 Å². The Kier molecular flexibility index (Phi) is 3.64. The highest BCUT2D eigenvalue weighted by molar-refractivity contribution is 7.10. The summed E-state index contributed by atoms with van der Waals surface area (Å²) in [7, 11) is 0. The zero-order valence-corrected chi connectivity index (χ0v) is 17.8. The first-order chi connectivity index (χ1) is 15.8. The molecule has 0 fully saturated rings. The molecule has 4 aromatic carbocycles. The zero-order chi connectivity index (χ0) is 21.2. The average molecular weight is 432 g/mol. The molecule has 3 heterocycles. The lowest BCUT2D eigenvalue weighted by molar-refractivity contribution is 0.549. The lowest BCUT2D eigenvalue weighted by Gasteiger charge is -2.30. The maximum Gasteiger partial charge on any atom is 0.342 e. The maximum atomic E-state index is 13.3. The fourth-order valence-corrected chi connectivity index (χ4v) is 5.88. The van der Waals surface area contributed by atoms with Crippen LogP contribution >= 0.6 is 11.3 Å². The van der Waals surface area contributed by atoms with Crippen LogP contribution in [0.15, 0.2) is 99.5 Å². The number of hydrogen-bond acceptors (Lipinski definition) is 4. The van der Waals surface area contributed by atoms with Crippen molar-refractivity contribution < 1.29 is 4.42 Å². The Labute approximate surface area is 187 Å². The first-order valence-electron chi connectivity index (χ1n) is 10.6. The fourth-order valence-electron chi connectivity index (χ4n) is 5.04. The summed E-state index contributed by atoms with van der Waals surface area (Å²) < 4.78 is 5.79. The molecular formula is C28H17NO2S. The Hall–Kier alpha value is -3.89. The number of hydrogen-bond donors (Lipinski definition) is 1. The van der Waals surface area contributed by atoms with Gasteiger partial charge in [0.1, 0.15) is 5.58 Å². The monoisotopic (exact) mass is 431 g/mol. The molecule has 0 amide bonds. The van der Waals surface area contributed by atoms with Crippen molar-refractivity contribution in [3.05, 3.63) is 117 Å². The second-order valence-electron chi connectivity index (χ2n) is 8.20. The lowest BCUT2D eigenvalue weighted by atomic mass is 9.81. The molecular weight excluding hydrogens is 414 g/mol. The van der Waals surface area contributed by atoms with Gasteiger partial charge in [-0.3, -0.25) is 0 Å². The molecule has 1 N–H and O–H groups in total. The highest BCUT2D eigenvalue weighted by atomic mass is 32.1. The van der Waals surface area contributed by atoms with Gasteiger partial charge in [-0.1, -0.05) is 48.5 Å². The van der Waals surface area contributed by atoms with Crippen LogP contribution < -0.4 is 10.9 Å². The Balaban J connectivity index is 1.63. The van der Waals surface area contributed by atoms with E-state index in [-0.39, 0.29) is 11.5 Å². The molecule has 152 valence electrons. The smallest absolute Gasteiger partial charge is 0.342 e. The van der Waals surface area contributed by atoms with E-state index < -0.39 is 0 Å². The van der Waals surface area contributed by atoms with Crippen molar-refractivity contribution in [2.75, 3.05) is 5.32 Å². The number of fused-ring (bicyclic) bond motifs is 7. The van der Waals surface area contributed by atoms with Crippen molar-refractivity contribution in [2.24, 2.45) is 0 Å². The summed E-state index contributed by atoms with van der Waals surface area (Å²) in [6.07, 6.45) is 0. The van der Waals surface area contributed by atoms with Crippen molar-refractivity contribution in [3.63, 3.8) is 0 Å². The molecule has 32 heavy (non-hydrogen) atoms. The summed E-state index contributed by atoms with van der Waals surface area (Å²) in [5.41, 5.74) is 4.01. The van der Waals surface area contributed by atoms with Crippen LogP contribution in [0.3, 0.4) is 0 Å². The number of benzene rings is 4. The molecule has 0 bridgehead atoms. The Morgan fingerprint density at radius 2 is 1.56 bits per heavy atom. The Bertz CT molecular complexity index is 1730. The van der Waals surface area contributed by atoms with Gasteiger partial charge in [0.25, 0.3) is 0 Å². The number of nitrogens with one attached hydrogen (secondary N) is 1. The zero-order valence-electron chi connectivity index (χ0n) is 17.0. The van der Waals surface area contributed by atoms with Crippen molar-refractivity contribution >= 4 is 55.2 Å². The number of anilines is 2. The topological polar surface area (TPSA) is 42.2 Å². The molecule has 0 aliphatic carbocycles. The van der Waals surface area contributed by atoms with Crippen LogP contribution in [0.1, 0.15) is 21.9 Å². The van der Waals surface area contributed by atoms with E-state index in [1.807, 2.05) is 30.3 Å². The summed E-state index contributed by atoms with van der Waals surface area (Å²) >= 11 is 1.67. The van der Waals surface area contributed by atoms with Gasteiger partial charge in [-0.05, 0) is 68.9 Å². The quantitative estimate of drug-likeness (QED) is 0.217. The van der Waals surface area contributed by atoms with Gasteiger partial charge in [0, 0.05) is 16.0 Å². The molecule has 2 aromatic heterocycles. The van der Waals surface area contributed by atoms with Crippen molar-refractivity contribution in [1.82, 2.24) is 0 Å². The van der Waals surface area contributed by atoms with Crippen LogP contribution in [0.25, 0.3) is 32.5 Å². The van der Waals surface area contributed by atoms with Crippen molar-refractivity contribution in [2.45, 2.75) is 5.92 Å². The summed E-state index contributed by atoms with van der Waals surface area (Å²) in [4.78, 5) is 14.5. The van der Waals surface area contributed by atoms with E-state index in [0.29, 0.717) is 11.1 Å². The second kappa shape index (κ2) is 6.55. The third-order valence-corrected chi connectivity index (χ3v) is 7.38. The molecule has 1 aliphatic heterocycles. The minimum absolute atomic E-state index is 0.188. The van der Waals surface area contributed by atoms with E-state index in [1.165, 1.54) is 16.2 Å². The van der Waals surface area contributed by atoms with Crippen molar-refractivity contribution in [3.8, 4) is 0 Å². The van der Waals surface area contributed by atoms with Crippen LogP contribution in [0.2, 0.25) is 0 Å². The van der Waals surface area contributed by atoms with E-state index in [9.17, 15) is 4.79 Å². The van der Waals surface area contributed by atoms with Gasteiger partial charge in [0.05, 0.1) is 17.2 Å². The van der Waals surface area contributed by atoms with Gasteiger partial charge in [-0.15, -0.1) is 11.3 Å².